The molecule has 0 saturated carbocycles. The van der Waals surface area contributed by atoms with Crippen molar-refractivity contribution in [3.05, 3.63) is 22.4 Å². The molecule has 0 bridgehead atoms. The lowest BCUT2D eigenvalue weighted by molar-refractivity contribution is 0.304. The third-order valence-corrected chi connectivity index (χ3v) is 4.26. The van der Waals surface area contributed by atoms with E-state index in [1.807, 2.05) is 13.8 Å². The fourth-order valence-corrected chi connectivity index (χ4v) is 2.78. The number of thiophene rings is 1. The van der Waals surface area contributed by atoms with Gasteiger partial charge in [-0.2, -0.15) is 0 Å². The zero-order valence-corrected chi connectivity index (χ0v) is 12.8. The van der Waals surface area contributed by atoms with Crippen molar-refractivity contribution in [1.82, 2.24) is 5.32 Å². The molecule has 1 aromatic rings. The van der Waals surface area contributed by atoms with E-state index in [1.165, 1.54) is 4.88 Å². The largest absolute Gasteiger partial charge is 0.409 e. The number of nitrogens with two attached hydrogens (primary N) is 1. The molecule has 1 heterocycles. The second kappa shape index (κ2) is 7.50. The van der Waals surface area contributed by atoms with Crippen LogP contribution in [0.2, 0.25) is 0 Å². The van der Waals surface area contributed by atoms with Gasteiger partial charge in [0.1, 0.15) is 5.84 Å². The number of rotatable bonds is 8. The number of nitrogens with zero attached hydrogens (tertiary/aromatic N) is 1. The van der Waals surface area contributed by atoms with Crippen LogP contribution in [0, 0.1) is 5.41 Å². The highest BCUT2D eigenvalue weighted by molar-refractivity contribution is 7.09. The average molecular weight is 283 g/mol. The van der Waals surface area contributed by atoms with E-state index in [9.17, 15) is 0 Å². The summed E-state index contributed by atoms with van der Waals surface area (Å²) in [7, 11) is 0. The molecule has 0 aromatic carbocycles. The molecule has 0 saturated heterocycles. The topological polar surface area (TPSA) is 70.6 Å². The van der Waals surface area contributed by atoms with Crippen LogP contribution in [0.15, 0.2) is 22.7 Å². The SMILES string of the molecule is CC(Cc1cccs1)NCCCC(C)(C)C(N)=NO. The first-order valence-electron chi connectivity index (χ1n) is 6.69. The van der Waals surface area contributed by atoms with Gasteiger partial charge in [-0.3, -0.25) is 0 Å². The molecule has 0 fully saturated rings. The first-order chi connectivity index (χ1) is 8.95. The number of oxime groups is 1. The van der Waals surface area contributed by atoms with E-state index in [1.54, 1.807) is 11.3 Å². The number of nitrogens with one attached hydrogen (secondary N) is 1. The molecule has 108 valence electrons. The fourth-order valence-electron chi connectivity index (χ4n) is 1.94. The minimum atomic E-state index is -0.243. The number of hydrogen-bond acceptors (Lipinski definition) is 4. The van der Waals surface area contributed by atoms with Crippen LogP contribution in [0.1, 0.15) is 38.5 Å². The van der Waals surface area contributed by atoms with Gasteiger partial charge in [0.2, 0.25) is 0 Å². The summed E-state index contributed by atoms with van der Waals surface area (Å²) in [5.74, 6) is 0.305. The van der Waals surface area contributed by atoms with E-state index in [0.717, 1.165) is 25.8 Å². The van der Waals surface area contributed by atoms with Gasteiger partial charge in [0, 0.05) is 16.3 Å². The highest BCUT2D eigenvalue weighted by Gasteiger charge is 2.22. The monoisotopic (exact) mass is 283 g/mol. The van der Waals surface area contributed by atoms with Crippen molar-refractivity contribution >= 4 is 17.2 Å². The highest BCUT2D eigenvalue weighted by Crippen LogP contribution is 2.22. The average Bonchev–Trinajstić information content (AvgIpc) is 2.86. The molecule has 1 aromatic heterocycles. The molecule has 0 aliphatic carbocycles. The smallest absolute Gasteiger partial charge is 0.144 e. The maximum absolute atomic E-state index is 8.71. The van der Waals surface area contributed by atoms with Crippen LogP contribution in [0.5, 0.6) is 0 Å². The van der Waals surface area contributed by atoms with Crippen LogP contribution in [0.25, 0.3) is 0 Å². The van der Waals surface area contributed by atoms with Crippen LogP contribution in [-0.2, 0) is 6.42 Å². The molecule has 1 rings (SSSR count). The molecule has 0 radical (unpaired) electrons. The molecule has 1 unspecified atom stereocenters. The third kappa shape index (κ3) is 5.61. The lowest BCUT2D eigenvalue weighted by Crippen LogP contribution is -2.34. The molecular weight excluding hydrogens is 258 g/mol. The summed E-state index contributed by atoms with van der Waals surface area (Å²) in [4.78, 5) is 1.41. The minimum Gasteiger partial charge on any atom is -0.409 e. The molecule has 19 heavy (non-hydrogen) atoms. The Kier molecular flexibility index (Phi) is 6.31. The van der Waals surface area contributed by atoms with E-state index in [4.69, 9.17) is 10.9 Å². The third-order valence-electron chi connectivity index (χ3n) is 3.36. The number of hydrogen-bond donors (Lipinski definition) is 3. The Bertz CT molecular complexity index is 387. The van der Waals surface area contributed by atoms with Gasteiger partial charge in [0.15, 0.2) is 0 Å². The summed E-state index contributed by atoms with van der Waals surface area (Å²) in [6, 6.07) is 4.74. The Balaban J connectivity index is 2.20. The number of amidine groups is 1. The maximum Gasteiger partial charge on any atom is 0.144 e. The van der Waals surface area contributed by atoms with Gasteiger partial charge in [0.25, 0.3) is 0 Å². The lowest BCUT2D eigenvalue weighted by atomic mass is 9.86. The van der Waals surface area contributed by atoms with Gasteiger partial charge < -0.3 is 16.3 Å². The second-order valence-corrected chi connectivity index (χ2v) is 6.64. The molecule has 4 nitrogen and oxygen atoms in total. The predicted molar refractivity (Wildman–Crippen MR) is 81.9 cm³/mol. The molecule has 1 atom stereocenters. The van der Waals surface area contributed by atoms with Crippen molar-refractivity contribution in [2.45, 2.75) is 46.1 Å². The Labute approximate surface area is 119 Å². The van der Waals surface area contributed by atoms with Gasteiger partial charge in [-0.25, -0.2) is 0 Å². The van der Waals surface area contributed by atoms with Gasteiger partial charge in [-0.15, -0.1) is 11.3 Å². The Morgan fingerprint density at radius 1 is 1.58 bits per heavy atom. The van der Waals surface area contributed by atoms with Crippen LogP contribution < -0.4 is 11.1 Å². The minimum absolute atomic E-state index is 0.243. The molecule has 0 amide bonds. The highest BCUT2D eigenvalue weighted by atomic mass is 32.1. The van der Waals surface area contributed by atoms with Crippen LogP contribution in [-0.4, -0.2) is 23.6 Å². The summed E-state index contributed by atoms with van der Waals surface area (Å²) >= 11 is 1.80. The summed E-state index contributed by atoms with van der Waals surface area (Å²) in [6.07, 6.45) is 2.99. The van der Waals surface area contributed by atoms with E-state index < -0.39 is 0 Å². The molecule has 0 aliphatic rings. The zero-order chi connectivity index (χ0) is 14.3. The Hall–Kier alpha value is -1.07. The summed E-state index contributed by atoms with van der Waals surface area (Å²) in [5, 5.41) is 17.4. The summed E-state index contributed by atoms with van der Waals surface area (Å²) in [6.45, 7) is 7.15. The first-order valence-corrected chi connectivity index (χ1v) is 7.57. The van der Waals surface area contributed by atoms with E-state index in [0.29, 0.717) is 11.9 Å². The van der Waals surface area contributed by atoms with Gasteiger partial charge >= 0.3 is 0 Å². The van der Waals surface area contributed by atoms with Crippen molar-refractivity contribution in [2.24, 2.45) is 16.3 Å². The van der Waals surface area contributed by atoms with Crippen LogP contribution in [0.4, 0.5) is 0 Å². The van der Waals surface area contributed by atoms with Crippen LogP contribution >= 0.6 is 11.3 Å². The van der Waals surface area contributed by atoms with E-state index in [2.05, 4.69) is 34.9 Å². The first kappa shape index (κ1) is 16.0. The van der Waals surface area contributed by atoms with Crippen molar-refractivity contribution in [1.29, 1.82) is 0 Å². The van der Waals surface area contributed by atoms with Crippen LogP contribution in [0.3, 0.4) is 0 Å². The molecular formula is C14H25N3OS. The molecule has 5 heteroatoms. The van der Waals surface area contributed by atoms with Gasteiger partial charge in [0.05, 0.1) is 0 Å². The standard InChI is InChI=1S/C14H25N3OS/c1-11(10-12-6-4-9-19-12)16-8-5-7-14(2,3)13(15)17-18/h4,6,9,11,16,18H,5,7-8,10H2,1-3H3,(H2,15,17). The predicted octanol–water partition coefficient (Wildman–Crippen LogP) is 2.82. The molecule has 4 N–H and O–H groups in total. The van der Waals surface area contributed by atoms with E-state index >= 15 is 0 Å². The van der Waals surface area contributed by atoms with Crippen molar-refractivity contribution in [2.75, 3.05) is 6.54 Å². The maximum atomic E-state index is 8.71. The van der Waals surface area contributed by atoms with Gasteiger partial charge in [-0.1, -0.05) is 25.1 Å². The second-order valence-electron chi connectivity index (χ2n) is 5.61. The summed E-state index contributed by atoms with van der Waals surface area (Å²) in [5.41, 5.74) is 5.42. The lowest BCUT2D eigenvalue weighted by Gasteiger charge is -2.23. The Morgan fingerprint density at radius 3 is 2.89 bits per heavy atom. The molecule has 0 spiro atoms. The quantitative estimate of drug-likeness (QED) is 0.226. The summed E-state index contributed by atoms with van der Waals surface area (Å²) < 4.78 is 0. The normalized spacial score (nSPS) is 14.6. The van der Waals surface area contributed by atoms with Crippen molar-refractivity contribution in [3.8, 4) is 0 Å². The zero-order valence-electron chi connectivity index (χ0n) is 12.0. The van der Waals surface area contributed by atoms with Crippen molar-refractivity contribution in [3.63, 3.8) is 0 Å². The van der Waals surface area contributed by atoms with Crippen molar-refractivity contribution < 1.29 is 5.21 Å². The fraction of sp³-hybridized carbons (Fsp3) is 0.643. The van der Waals surface area contributed by atoms with Gasteiger partial charge in [-0.05, 0) is 44.2 Å². The molecule has 0 aliphatic heterocycles. The van der Waals surface area contributed by atoms with E-state index in [-0.39, 0.29) is 5.41 Å². The Morgan fingerprint density at radius 2 is 2.32 bits per heavy atom.